The van der Waals surface area contributed by atoms with Gasteiger partial charge in [-0.1, -0.05) is 18.2 Å². The highest BCUT2D eigenvalue weighted by Crippen LogP contribution is 2.33. The van der Waals surface area contributed by atoms with Crippen molar-refractivity contribution in [3.8, 4) is 11.4 Å². The number of nitrogens with one attached hydrogen (secondary N) is 1. The van der Waals surface area contributed by atoms with E-state index < -0.39 is 17.6 Å². The second-order valence-electron chi connectivity index (χ2n) is 6.97. The van der Waals surface area contributed by atoms with E-state index in [1.807, 2.05) is 31.2 Å². The molecule has 0 aliphatic rings. The molecule has 7 nitrogen and oxygen atoms in total. The zero-order valence-electron chi connectivity index (χ0n) is 17.1. The molecule has 1 amide bonds. The van der Waals surface area contributed by atoms with Crippen LogP contribution in [0, 0.1) is 6.92 Å². The molecule has 1 N–H and O–H groups in total. The molecule has 31 heavy (non-hydrogen) atoms. The predicted molar refractivity (Wildman–Crippen MR) is 109 cm³/mol. The maximum absolute atomic E-state index is 13.1. The first-order valence-electron chi connectivity index (χ1n) is 9.47. The Kier molecular flexibility index (Phi) is 6.91. The summed E-state index contributed by atoms with van der Waals surface area (Å²) in [5.74, 6) is 0.306. The first-order valence-corrected chi connectivity index (χ1v) is 9.47. The van der Waals surface area contributed by atoms with Crippen molar-refractivity contribution in [1.82, 2.24) is 19.7 Å². The number of para-hydroxylation sites is 1. The van der Waals surface area contributed by atoms with Gasteiger partial charge in [-0.15, -0.1) is 0 Å². The van der Waals surface area contributed by atoms with Crippen LogP contribution in [0.25, 0.3) is 5.69 Å². The van der Waals surface area contributed by atoms with Gasteiger partial charge >= 0.3 is 6.18 Å². The summed E-state index contributed by atoms with van der Waals surface area (Å²) in [5.41, 5.74) is 0.416. The third-order valence-corrected chi connectivity index (χ3v) is 4.50. The molecule has 0 aliphatic carbocycles. The minimum absolute atomic E-state index is 0.00474. The fraction of sp³-hybridized carbons (Fsp3) is 0.286. The lowest BCUT2D eigenvalue weighted by molar-refractivity contribution is -0.137. The van der Waals surface area contributed by atoms with Crippen molar-refractivity contribution in [2.45, 2.75) is 13.1 Å². The average molecular weight is 433 g/mol. The Balaban J connectivity index is 1.63. The third kappa shape index (κ3) is 6.05. The Morgan fingerprint density at radius 2 is 2.00 bits per heavy atom. The molecule has 0 atom stereocenters. The number of halogens is 3. The first-order chi connectivity index (χ1) is 14.7. The van der Waals surface area contributed by atoms with Crippen molar-refractivity contribution in [3.63, 3.8) is 0 Å². The van der Waals surface area contributed by atoms with Gasteiger partial charge in [0.05, 0.1) is 23.5 Å². The maximum Gasteiger partial charge on any atom is 0.416 e. The fourth-order valence-electron chi connectivity index (χ4n) is 2.89. The lowest BCUT2D eigenvalue weighted by Crippen LogP contribution is -2.33. The van der Waals surface area contributed by atoms with Crippen LogP contribution in [0.15, 0.2) is 55.1 Å². The van der Waals surface area contributed by atoms with E-state index >= 15 is 0 Å². The summed E-state index contributed by atoms with van der Waals surface area (Å²) in [6.45, 7) is 2.74. The van der Waals surface area contributed by atoms with Gasteiger partial charge in [-0.25, -0.2) is 9.67 Å². The predicted octanol–water partition coefficient (Wildman–Crippen LogP) is 3.54. The highest BCUT2D eigenvalue weighted by molar-refractivity contribution is 5.94. The van der Waals surface area contributed by atoms with Gasteiger partial charge in [-0.3, -0.25) is 9.69 Å². The monoisotopic (exact) mass is 433 g/mol. The molecule has 0 saturated heterocycles. The van der Waals surface area contributed by atoms with Gasteiger partial charge in [0, 0.05) is 6.54 Å². The quantitative estimate of drug-likeness (QED) is 0.588. The molecule has 0 fully saturated rings. The van der Waals surface area contributed by atoms with E-state index in [1.54, 1.807) is 11.9 Å². The van der Waals surface area contributed by atoms with E-state index in [0.717, 1.165) is 23.4 Å². The Labute approximate surface area is 177 Å². The zero-order valence-corrected chi connectivity index (χ0v) is 17.1. The number of anilines is 1. The third-order valence-electron chi connectivity index (χ3n) is 4.50. The summed E-state index contributed by atoms with van der Waals surface area (Å²) in [7, 11) is 1.73. The molecule has 10 heteroatoms. The number of carbonyl (C=O) groups excluding carboxylic acids is 1. The minimum Gasteiger partial charge on any atom is -0.492 e. The molecule has 0 bridgehead atoms. The normalized spacial score (nSPS) is 11.5. The molecular weight excluding hydrogens is 411 g/mol. The van der Waals surface area contributed by atoms with E-state index in [-0.39, 0.29) is 17.9 Å². The number of amides is 1. The van der Waals surface area contributed by atoms with Crippen molar-refractivity contribution in [3.05, 3.63) is 66.2 Å². The molecular formula is C21H22F3N5O2. The van der Waals surface area contributed by atoms with Crippen LogP contribution < -0.4 is 10.1 Å². The van der Waals surface area contributed by atoms with Gasteiger partial charge < -0.3 is 10.1 Å². The van der Waals surface area contributed by atoms with Gasteiger partial charge in [0.2, 0.25) is 5.91 Å². The Morgan fingerprint density at radius 3 is 2.68 bits per heavy atom. The number of nitrogens with zero attached hydrogens (tertiary/aromatic N) is 4. The number of hydrogen-bond acceptors (Lipinski definition) is 5. The number of aryl methyl sites for hydroxylation is 1. The first kappa shape index (κ1) is 22.3. The molecule has 0 unspecified atom stereocenters. The molecule has 1 aromatic heterocycles. The van der Waals surface area contributed by atoms with Crippen molar-refractivity contribution in [1.29, 1.82) is 0 Å². The van der Waals surface area contributed by atoms with Crippen LogP contribution in [0.2, 0.25) is 0 Å². The number of hydrogen-bond donors (Lipinski definition) is 1. The molecule has 3 aromatic rings. The SMILES string of the molecule is Cc1ccccc1OCCN(C)CC(=O)Nc1cc(C(F)(F)F)ccc1-n1cncn1. The van der Waals surface area contributed by atoms with Crippen LogP contribution in [0.3, 0.4) is 0 Å². The summed E-state index contributed by atoms with van der Waals surface area (Å²) in [5, 5.41) is 6.48. The Morgan fingerprint density at radius 1 is 1.23 bits per heavy atom. The number of aromatic nitrogens is 3. The standard InChI is InChI=1S/C21H22F3N5O2/c1-15-5-3-4-6-19(15)31-10-9-28(2)12-20(30)27-17-11-16(21(22,23)24)7-8-18(17)29-14-25-13-26-29/h3-8,11,13-14H,9-10,12H2,1-2H3,(H,27,30). The maximum atomic E-state index is 13.1. The largest absolute Gasteiger partial charge is 0.492 e. The van der Waals surface area contributed by atoms with E-state index in [9.17, 15) is 18.0 Å². The highest BCUT2D eigenvalue weighted by Gasteiger charge is 2.31. The summed E-state index contributed by atoms with van der Waals surface area (Å²) in [6.07, 6.45) is -1.94. The van der Waals surface area contributed by atoms with E-state index in [2.05, 4.69) is 15.4 Å². The highest BCUT2D eigenvalue weighted by atomic mass is 19.4. The lowest BCUT2D eigenvalue weighted by atomic mass is 10.1. The second kappa shape index (κ2) is 9.61. The zero-order chi connectivity index (χ0) is 22.4. The van der Waals surface area contributed by atoms with Crippen LogP contribution >= 0.6 is 0 Å². The van der Waals surface area contributed by atoms with Crippen molar-refractivity contribution in [2.24, 2.45) is 0 Å². The minimum atomic E-state index is -4.54. The Hall–Kier alpha value is -3.40. The summed E-state index contributed by atoms with van der Waals surface area (Å²) < 4.78 is 46.4. The molecule has 0 radical (unpaired) electrons. The Bertz CT molecular complexity index is 1020. The van der Waals surface area contributed by atoms with Crippen molar-refractivity contribution in [2.75, 3.05) is 32.1 Å². The number of rotatable bonds is 8. The molecule has 3 rings (SSSR count). The van der Waals surface area contributed by atoms with E-state index in [4.69, 9.17) is 4.74 Å². The van der Waals surface area contributed by atoms with Crippen LogP contribution in [-0.4, -0.2) is 52.3 Å². The molecule has 0 saturated carbocycles. The number of likely N-dealkylation sites (N-methyl/N-ethyl adjacent to an activating group) is 1. The van der Waals surface area contributed by atoms with Crippen LogP contribution in [0.5, 0.6) is 5.75 Å². The second-order valence-corrected chi connectivity index (χ2v) is 6.97. The average Bonchev–Trinajstić information content (AvgIpc) is 3.23. The van der Waals surface area contributed by atoms with Crippen molar-refractivity contribution >= 4 is 11.6 Å². The summed E-state index contributed by atoms with van der Waals surface area (Å²) in [4.78, 5) is 18.0. The van der Waals surface area contributed by atoms with Gasteiger partial charge in [0.1, 0.15) is 25.0 Å². The molecule has 1 heterocycles. The molecule has 0 aliphatic heterocycles. The van der Waals surface area contributed by atoms with E-state index in [1.165, 1.54) is 23.4 Å². The smallest absolute Gasteiger partial charge is 0.416 e. The molecule has 2 aromatic carbocycles. The number of alkyl halides is 3. The van der Waals surface area contributed by atoms with Gasteiger partial charge in [-0.05, 0) is 43.8 Å². The van der Waals surface area contributed by atoms with Crippen LogP contribution in [0.4, 0.5) is 18.9 Å². The van der Waals surface area contributed by atoms with Crippen molar-refractivity contribution < 1.29 is 22.7 Å². The van der Waals surface area contributed by atoms with Crippen LogP contribution in [0.1, 0.15) is 11.1 Å². The number of benzene rings is 2. The number of carbonyl (C=O) groups is 1. The van der Waals surface area contributed by atoms with Gasteiger partial charge in [-0.2, -0.15) is 18.3 Å². The lowest BCUT2D eigenvalue weighted by Gasteiger charge is -2.18. The number of ether oxygens (including phenoxy) is 1. The van der Waals surface area contributed by atoms with E-state index in [0.29, 0.717) is 13.2 Å². The van der Waals surface area contributed by atoms with Gasteiger partial charge in [0.25, 0.3) is 0 Å². The topological polar surface area (TPSA) is 72.3 Å². The van der Waals surface area contributed by atoms with Gasteiger partial charge in [0.15, 0.2) is 0 Å². The summed E-state index contributed by atoms with van der Waals surface area (Å²) >= 11 is 0. The fourth-order valence-corrected chi connectivity index (χ4v) is 2.89. The molecule has 0 spiro atoms. The summed E-state index contributed by atoms with van der Waals surface area (Å²) in [6, 6.07) is 10.7. The molecule has 164 valence electrons. The van der Waals surface area contributed by atoms with Crippen LogP contribution in [-0.2, 0) is 11.0 Å².